The monoisotopic (exact) mass is 468 g/mol. The van der Waals surface area contributed by atoms with Crippen LogP contribution in [0.2, 0.25) is 0 Å². The van der Waals surface area contributed by atoms with E-state index in [2.05, 4.69) is 16.4 Å². The summed E-state index contributed by atoms with van der Waals surface area (Å²) in [5.74, 6) is 1.34. The predicted octanol–water partition coefficient (Wildman–Crippen LogP) is 5.74. The van der Waals surface area contributed by atoms with Crippen molar-refractivity contribution >= 4 is 39.9 Å². The van der Waals surface area contributed by atoms with Gasteiger partial charge >= 0.3 is 0 Å². The molecule has 31 heavy (non-hydrogen) atoms. The van der Waals surface area contributed by atoms with Crippen molar-refractivity contribution in [3.8, 4) is 22.1 Å². The first-order chi connectivity index (χ1) is 15.2. The Kier molecular flexibility index (Phi) is 5.52. The van der Waals surface area contributed by atoms with Gasteiger partial charge in [-0.2, -0.15) is 11.3 Å². The number of methoxy groups -OCH3 is 2. The van der Waals surface area contributed by atoms with Crippen LogP contribution in [0.1, 0.15) is 32.5 Å². The molecule has 1 aliphatic rings. The minimum Gasteiger partial charge on any atom is -0.493 e. The molecule has 4 heterocycles. The Morgan fingerprint density at radius 2 is 1.94 bits per heavy atom. The van der Waals surface area contributed by atoms with Crippen LogP contribution in [-0.2, 0) is 6.42 Å². The lowest BCUT2D eigenvalue weighted by atomic mass is 9.90. The van der Waals surface area contributed by atoms with Crippen LogP contribution in [0.5, 0.6) is 11.5 Å². The Labute approximate surface area is 192 Å². The van der Waals surface area contributed by atoms with Gasteiger partial charge in [0.05, 0.1) is 20.3 Å². The second-order valence-electron chi connectivity index (χ2n) is 7.12. The lowest BCUT2D eigenvalue weighted by Gasteiger charge is -2.37. The highest BCUT2D eigenvalue weighted by molar-refractivity contribution is 7.14. The maximum atomic E-state index is 13.6. The third-order valence-corrected chi connectivity index (χ3v) is 7.94. The Hall–Kier alpha value is -2.68. The first-order valence-corrected chi connectivity index (χ1v) is 12.5. The summed E-state index contributed by atoms with van der Waals surface area (Å²) >= 11 is 4.79. The number of carbonyl (C=O) groups is 1. The van der Waals surface area contributed by atoms with Crippen molar-refractivity contribution in [2.45, 2.75) is 12.5 Å². The minimum absolute atomic E-state index is 0.0448. The molecule has 1 atom stereocenters. The highest BCUT2D eigenvalue weighted by atomic mass is 32.1. The second kappa shape index (κ2) is 8.45. The van der Waals surface area contributed by atoms with Gasteiger partial charge in [-0.05, 0) is 52.6 Å². The van der Waals surface area contributed by atoms with Crippen LogP contribution < -0.4 is 9.47 Å². The van der Waals surface area contributed by atoms with Gasteiger partial charge in [0.25, 0.3) is 5.91 Å². The van der Waals surface area contributed by atoms with Gasteiger partial charge in [-0.1, -0.05) is 6.07 Å². The number of fused-ring (bicyclic) bond motifs is 1. The number of amides is 1. The quantitative estimate of drug-likeness (QED) is 0.375. The number of aromatic nitrogens is 1. The molecule has 158 valence electrons. The Bertz CT molecular complexity index is 1200. The molecule has 0 aliphatic carbocycles. The van der Waals surface area contributed by atoms with Gasteiger partial charge in [0.2, 0.25) is 0 Å². The van der Waals surface area contributed by atoms with Crippen molar-refractivity contribution in [3.05, 3.63) is 73.6 Å². The highest BCUT2D eigenvalue weighted by Gasteiger charge is 2.35. The van der Waals surface area contributed by atoms with Gasteiger partial charge in [-0.3, -0.25) is 4.79 Å². The average Bonchev–Trinajstić information content (AvgIpc) is 3.58. The van der Waals surface area contributed by atoms with Crippen LogP contribution in [0, 0.1) is 0 Å². The van der Waals surface area contributed by atoms with E-state index in [4.69, 9.17) is 9.47 Å². The van der Waals surface area contributed by atoms with Crippen molar-refractivity contribution in [2.24, 2.45) is 0 Å². The summed E-state index contributed by atoms with van der Waals surface area (Å²) in [6, 6.07) is 10.0. The van der Waals surface area contributed by atoms with E-state index < -0.39 is 0 Å². The Morgan fingerprint density at radius 3 is 2.65 bits per heavy atom. The normalized spacial score (nSPS) is 15.5. The number of thiophene rings is 2. The Morgan fingerprint density at radius 1 is 1.10 bits per heavy atom. The molecule has 4 aromatic rings. The van der Waals surface area contributed by atoms with E-state index >= 15 is 0 Å². The maximum absolute atomic E-state index is 13.6. The largest absolute Gasteiger partial charge is 0.493 e. The molecule has 0 saturated carbocycles. The fraction of sp³-hybridized carbons (Fsp3) is 0.217. The van der Waals surface area contributed by atoms with E-state index in [1.807, 2.05) is 45.3 Å². The molecule has 0 radical (unpaired) electrons. The lowest BCUT2D eigenvalue weighted by molar-refractivity contribution is 0.0691. The van der Waals surface area contributed by atoms with Crippen LogP contribution >= 0.6 is 34.0 Å². The van der Waals surface area contributed by atoms with E-state index in [9.17, 15) is 4.79 Å². The molecule has 1 aliphatic heterocycles. The van der Waals surface area contributed by atoms with Crippen molar-refractivity contribution < 1.29 is 14.3 Å². The van der Waals surface area contributed by atoms with Gasteiger partial charge in [-0.15, -0.1) is 22.7 Å². The third-order valence-electron chi connectivity index (χ3n) is 5.44. The van der Waals surface area contributed by atoms with Gasteiger partial charge < -0.3 is 14.4 Å². The predicted molar refractivity (Wildman–Crippen MR) is 126 cm³/mol. The zero-order valence-electron chi connectivity index (χ0n) is 17.0. The topological polar surface area (TPSA) is 51.7 Å². The van der Waals surface area contributed by atoms with Crippen LogP contribution in [0.25, 0.3) is 10.6 Å². The molecular formula is C23H20N2O3S3. The number of carbonyl (C=O) groups excluding carboxylic acids is 1. The maximum Gasteiger partial charge on any atom is 0.274 e. The molecular weight excluding hydrogens is 448 g/mol. The van der Waals surface area contributed by atoms with Crippen molar-refractivity contribution in [1.82, 2.24) is 9.88 Å². The molecule has 0 fully saturated rings. The summed E-state index contributed by atoms with van der Waals surface area (Å²) in [4.78, 5) is 21.3. The van der Waals surface area contributed by atoms with E-state index in [0.29, 0.717) is 23.7 Å². The molecule has 1 unspecified atom stereocenters. The molecule has 5 rings (SSSR count). The number of ether oxygens (including phenoxy) is 2. The number of nitrogens with zero attached hydrogens (tertiary/aromatic N) is 2. The van der Waals surface area contributed by atoms with E-state index in [1.165, 1.54) is 16.9 Å². The third kappa shape index (κ3) is 3.64. The van der Waals surface area contributed by atoms with Crippen molar-refractivity contribution in [1.29, 1.82) is 0 Å². The molecule has 3 aromatic heterocycles. The first-order valence-electron chi connectivity index (χ1n) is 9.77. The van der Waals surface area contributed by atoms with E-state index in [0.717, 1.165) is 27.4 Å². The number of thiazole rings is 1. The van der Waals surface area contributed by atoms with Gasteiger partial charge in [0.15, 0.2) is 11.5 Å². The van der Waals surface area contributed by atoms with Gasteiger partial charge in [0, 0.05) is 27.7 Å². The van der Waals surface area contributed by atoms with Crippen LogP contribution in [-0.4, -0.2) is 36.6 Å². The minimum atomic E-state index is -0.178. The number of rotatable bonds is 5. The molecule has 5 nitrogen and oxygen atoms in total. The molecule has 0 bridgehead atoms. The average molecular weight is 469 g/mol. The SMILES string of the molecule is COc1cc2c(cc1OC)C(c1cccs1)N(C(=O)c1csc(-c3ccsc3)n1)CC2. The molecule has 0 saturated heterocycles. The smallest absolute Gasteiger partial charge is 0.274 e. The fourth-order valence-corrected chi connectivity index (χ4v) is 6.32. The van der Waals surface area contributed by atoms with Crippen LogP contribution in [0.3, 0.4) is 0 Å². The van der Waals surface area contributed by atoms with Crippen LogP contribution in [0.4, 0.5) is 0 Å². The van der Waals surface area contributed by atoms with Gasteiger partial charge in [0.1, 0.15) is 10.7 Å². The van der Waals surface area contributed by atoms with E-state index in [-0.39, 0.29) is 11.9 Å². The number of hydrogen-bond acceptors (Lipinski definition) is 7. The lowest BCUT2D eigenvalue weighted by Crippen LogP contribution is -2.40. The highest BCUT2D eigenvalue weighted by Crippen LogP contribution is 2.42. The summed E-state index contributed by atoms with van der Waals surface area (Å²) in [6.45, 7) is 0.620. The van der Waals surface area contributed by atoms with Crippen molar-refractivity contribution in [2.75, 3.05) is 20.8 Å². The zero-order chi connectivity index (χ0) is 21.4. The summed E-state index contributed by atoms with van der Waals surface area (Å²) < 4.78 is 11.1. The second-order valence-corrected chi connectivity index (χ2v) is 9.74. The zero-order valence-corrected chi connectivity index (χ0v) is 19.5. The standard InChI is InChI=1S/C23H20N2O3S3/c1-27-18-10-14-5-7-25(21(20-4-3-8-30-20)16(14)11-19(18)28-2)23(26)17-13-31-22(24-17)15-6-9-29-12-15/h3-4,6,8-13,21H,5,7H2,1-2H3. The first kappa shape index (κ1) is 20.2. The summed E-state index contributed by atoms with van der Waals surface area (Å²) in [7, 11) is 3.28. The molecule has 1 aromatic carbocycles. The molecule has 0 spiro atoms. The van der Waals surface area contributed by atoms with E-state index in [1.54, 1.807) is 36.9 Å². The van der Waals surface area contributed by atoms with Crippen molar-refractivity contribution in [3.63, 3.8) is 0 Å². The number of benzene rings is 1. The summed E-state index contributed by atoms with van der Waals surface area (Å²) in [5.41, 5.74) is 3.81. The number of hydrogen-bond donors (Lipinski definition) is 0. The molecule has 0 N–H and O–H groups in total. The Balaban J connectivity index is 1.55. The van der Waals surface area contributed by atoms with Gasteiger partial charge in [-0.25, -0.2) is 4.98 Å². The fourth-order valence-electron chi connectivity index (χ4n) is 3.96. The summed E-state index contributed by atoms with van der Waals surface area (Å²) in [6.07, 6.45) is 0.755. The van der Waals surface area contributed by atoms with Crippen LogP contribution in [0.15, 0.2) is 51.9 Å². The summed E-state index contributed by atoms with van der Waals surface area (Å²) in [5, 5.41) is 8.86. The molecule has 8 heteroatoms. The molecule has 1 amide bonds.